The number of rotatable bonds is 10. The van der Waals surface area contributed by atoms with Crippen LogP contribution in [0.1, 0.15) is 142 Å². The number of carbonyl (C=O) groups excluding carboxylic acids is 2. The lowest BCUT2D eigenvalue weighted by Gasteiger charge is -2.49. The minimum Gasteiger partial charge on any atom is -0.487 e. The van der Waals surface area contributed by atoms with Gasteiger partial charge in [-0.25, -0.2) is 19.9 Å². The van der Waals surface area contributed by atoms with Crippen molar-refractivity contribution >= 4 is 77.5 Å². The largest absolute Gasteiger partial charge is 0.487 e. The van der Waals surface area contributed by atoms with Gasteiger partial charge in [0.05, 0.1) is 69.4 Å². The summed E-state index contributed by atoms with van der Waals surface area (Å²) in [6.07, 6.45) is 7.99. The monoisotopic (exact) mass is 1130 g/mol. The molecule has 2 fully saturated rings. The molecule has 10 aromatic rings. The lowest BCUT2D eigenvalue weighted by Crippen LogP contribution is -2.46. The van der Waals surface area contributed by atoms with Crippen LogP contribution in [0, 0.1) is 23.7 Å². The molecule has 2 aromatic heterocycles. The van der Waals surface area contributed by atoms with E-state index in [2.05, 4.69) is 88.6 Å². The summed E-state index contributed by atoms with van der Waals surface area (Å²) in [5, 5.41) is 30.2. The van der Waals surface area contributed by atoms with E-state index in [1.807, 2.05) is 97.1 Å². The maximum Gasteiger partial charge on any atom is 0.251 e. The van der Waals surface area contributed by atoms with E-state index in [0.717, 1.165) is 103 Å². The van der Waals surface area contributed by atoms with E-state index in [1.54, 1.807) is 12.1 Å². The first-order valence-corrected chi connectivity index (χ1v) is 30.3. The van der Waals surface area contributed by atoms with E-state index >= 15 is 0 Å². The molecule has 2 saturated carbocycles. The average Bonchev–Trinajstić information content (AvgIpc) is 0.896. The number of aliphatic hydroxyl groups is 2. The normalized spacial score (nSPS) is 21.6. The van der Waals surface area contributed by atoms with Gasteiger partial charge in [-0.15, -0.1) is 0 Å². The molecule has 12 heteroatoms. The predicted molar refractivity (Wildman–Crippen MR) is 341 cm³/mol. The summed E-state index contributed by atoms with van der Waals surface area (Å²) >= 11 is 0. The number of benzene rings is 8. The number of amides is 2. The summed E-state index contributed by atoms with van der Waals surface area (Å²) in [6.45, 7) is 13.3. The number of hydrogen-bond donors (Lipinski definition) is 4. The lowest BCUT2D eigenvalue weighted by molar-refractivity contribution is -0.0118. The number of carbonyl (C=O) groups is 2. The van der Waals surface area contributed by atoms with Crippen molar-refractivity contribution in [3.8, 4) is 11.5 Å². The van der Waals surface area contributed by atoms with Crippen LogP contribution in [-0.2, 0) is 12.8 Å². The number of ether oxygens (including phenoxy) is 2. The highest BCUT2D eigenvalue weighted by Gasteiger charge is 2.49. The zero-order valence-electron chi connectivity index (χ0n) is 48.9. The number of fused-ring (bicyclic) bond motifs is 18. The quantitative estimate of drug-likeness (QED) is 0.0764. The second kappa shape index (κ2) is 23.1. The van der Waals surface area contributed by atoms with Crippen molar-refractivity contribution in [2.24, 2.45) is 23.7 Å². The fourth-order valence-electron chi connectivity index (χ4n) is 14.7. The van der Waals surface area contributed by atoms with Crippen molar-refractivity contribution in [1.29, 1.82) is 0 Å². The van der Waals surface area contributed by atoms with Gasteiger partial charge in [-0.2, -0.15) is 0 Å². The van der Waals surface area contributed by atoms with Crippen LogP contribution >= 0.6 is 0 Å². The predicted octanol–water partition coefficient (Wildman–Crippen LogP) is 14.6. The first kappa shape index (κ1) is 57.4. The maximum atomic E-state index is 13.3. The number of nitrogens with zero attached hydrogens (tertiary/aromatic N) is 4. The maximum absolute atomic E-state index is 13.3. The second-order valence-corrected chi connectivity index (χ2v) is 25.6. The van der Waals surface area contributed by atoms with Crippen molar-refractivity contribution in [1.82, 2.24) is 30.6 Å². The van der Waals surface area contributed by atoms with Gasteiger partial charge in [0.25, 0.3) is 11.8 Å². The van der Waals surface area contributed by atoms with E-state index in [9.17, 15) is 19.8 Å². The van der Waals surface area contributed by atoms with E-state index in [1.165, 1.54) is 24.0 Å². The number of aliphatic hydroxyl groups excluding tert-OH is 2. The summed E-state index contributed by atoms with van der Waals surface area (Å²) in [7, 11) is 0. The molecule has 2 aliphatic carbocycles. The van der Waals surface area contributed by atoms with E-state index in [0.29, 0.717) is 70.5 Å². The van der Waals surface area contributed by atoms with E-state index in [-0.39, 0.29) is 55.7 Å². The highest BCUT2D eigenvalue weighted by molar-refractivity contribution is 6.13. The topological polar surface area (TPSA) is 169 Å². The molecule has 0 unspecified atom stereocenters. The number of nitrogens with one attached hydrogen (secondary N) is 2. The van der Waals surface area contributed by atoms with Gasteiger partial charge in [-0.1, -0.05) is 143 Å². The van der Waals surface area contributed by atoms with Crippen molar-refractivity contribution in [3.05, 3.63) is 179 Å². The summed E-state index contributed by atoms with van der Waals surface area (Å²) in [5.41, 5.74) is 11.3. The number of aromatic nitrogens is 4. The molecular weight excluding hydrogens is 1060 g/mol. The van der Waals surface area contributed by atoms with Crippen molar-refractivity contribution in [3.63, 3.8) is 0 Å². The van der Waals surface area contributed by atoms with Gasteiger partial charge in [0.15, 0.2) is 0 Å². The Morgan fingerprint density at radius 1 is 0.494 bits per heavy atom. The molecule has 0 bridgehead atoms. The lowest BCUT2D eigenvalue weighted by atomic mass is 9.64. The molecule has 0 radical (unpaired) electrons. The molecule has 0 saturated heterocycles. The summed E-state index contributed by atoms with van der Waals surface area (Å²) in [6, 6.07) is 46.7. The zero-order valence-corrected chi connectivity index (χ0v) is 48.9. The Morgan fingerprint density at radius 3 is 1.25 bits per heavy atom. The fraction of sp³-hybridized carbons (Fsp3) is 0.370. The average molecular weight is 1140 g/mol. The van der Waals surface area contributed by atoms with Crippen LogP contribution in [0.25, 0.3) is 65.7 Å². The van der Waals surface area contributed by atoms with Crippen LogP contribution in [0.4, 0.5) is 0 Å². The summed E-state index contributed by atoms with van der Waals surface area (Å²) in [5.74, 6) is 4.14. The molecule has 4 aliphatic rings. The third-order valence-electron chi connectivity index (χ3n) is 18.9. The molecule has 4 N–H and O–H groups in total. The Morgan fingerprint density at radius 2 is 0.859 bits per heavy atom. The Labute approximate surface area is 497 Å². The molecule has 12 nitrogen and oxygen atoms in total. The number of hydrogen-bond acceptors (Lipinski definition) is 10. The van der Waals surface area contributed by atoms with Crippen LogP contribution in [0.5, 0.6) is 11.5 Å². The standard InChI is InChI=1S/2C36H37N3O3.CH4/c2*1-21-13-15-28-27(17-21)31-33-32(25-11-7-8-12-26(25)34(31)42-36(28,2)3)38-29-16-14-23(19-30(29)39-33)35(41)37-24(20-40)18-22-9-5-4-6-10-22;/h2*4-12,14,16,19,21,24,27-28,40H,13,15,17-18,20H2,1-3H3,(H,37,41);1H4/t21-,24+,27-,28-;21-,24-,27-,28-;/m01./s1. The minimum absolute atomic E-state index is 0. The van der Waals surface area contributed by atoms with E-state index < -0.39 is 0 Å². The first-order chi connectivity index (χ1) is 40.6. The van der Waals surface area contributed by atoms with E-state index in [4.69, 9.17) is 29.4 Å². The van der Waals surface area contributed by atoms with Gasteiger partial charge in [-0.05, 0) is 137 Å². The Hall–Kier alpha value is -8.06. The van der Waals surface area contributed by atoms with Gasteiger partial charge in [0.1, 0.15) is 22.7 Å². The Kier molecular flexibility index (Phi) is 15.6. The Balaban J connectivity index is 0.000000165. The van der Waals surface area contributed by atoms with Gasteiger partial charge < -0.3 is 30.3 Å². The van der Waals surface area contributed by atoms with Crippen LogP contribution in [-0.4, -0.2) is 78.5 Å². The third kappa shape index (κ3) is 10.8. The SMILES string of the molecule is C.C[C@@H]1CC[C@@H]2[C@@H](C1)c1c(c3ccccc3c3nc4ccc(C(=O)N[C@@H](CO)Cc5ccccc5)cc4nc13)OC2(C)C.C[C@H]1CC[C@H]2[C@H](C1)c1c(c3ccccc3c3nc4ccc(C(=O)N[C@@H](CO)Cc5ccccc5)cc4nc13)OC2(C)C. The van der Waals surface area contributed by atoms with Crippen LogP contribution < -0.4 is 20.1 Å². The Bertz CT molecular complexity index is 3900. The van der Waals surface area contributed by atoms with Gasteiger partial charge in [0, 0.05) is 55.6 Å². The third-order valence-corrected chi connectivity index (χ3v) is 18.9. The van der Waals surface area contributed by atoms with Gasteiger partial charge in [0.2, 0.25) is 0 Å². The van der Waals surface area contributed by atoms with Crippen molar-refractivity contribution in [2.75, 3.05) is 13.2 Å². The van der Waals surface area contributed by atoms with Gasteiger partial charge in [-0.3, -0.25) is 9.59 Å². The zero-order chi connectivity index (χ0) is 58.0. The molecule has 2 aliphatic heterocycles. The van der Waals surface area contributed by atoms with Crippen LogP contribution in [0.2, 0.25) is 0 Å². The fourth-order valence-corrected chi connectivity index (χ4v) is 14.7. The van der Waals surface area contributed by atoms with Crippen LogP contribution in [0.3, 0.4) is 0 Å². The molecule has 2 amide bonds. The smallest absolute Gasteiger partial charge is 0.251 e. The summed E-state index contributed by atoms with van der Waals surface area (Å²) in [4.78, 5) is 47.4. The molecule has 14 rings (SSSR count). The second-order valence-electron chi connectivity index (χ2n) is 25.6. The summed E-state index contributed by atoms with van der Waals surface area (Å²) < 4.78 is 13.7. The minimum atomic E-state index is -0.387. The molecule has 436 valence electrons. The van der Waals surface area contributed by atoms with Crippen molar-refractivity contribution in [2.45, 2.75) is 135 Å². The van der Waals surface area contributed by atoms with Gasteiger partial charge >= 0.3 is 0 Å². The van der Waals surface area contributed by atoms with Crippen LogP contribution in [0.15, 0.2) is 146 Å². The van der Waals surface area contributed by atoms with Crippen molar-refractivity contribution < 1.29 is 29.3 Å². The molecule has 8 aromatic carbocycles. The molecule has 4 heterocycles. The highest BCUT2D eigenvalue weighted by Crippen LogP contribution is 2.58. The molecule has 8 atom stereocenters. The first-order valence-electron chi connectivity index (χ1n) is 30.3. The molecular formula is C73H78N6O6. The molecule has 0 spiro atoms. The molecule has 85 heavy (non-hydrogen) atoms. The highest BCUT2D eigenvalue weighted by atomic mass is 16.5.